The zero-order valence-electron chi connectivity index (χ0n) is 14.1. The van der Waals surface area contributed by atoms with Crippen LogP contribution in [-0.2, 0) is 0 Å². The number of hydrogen-bond donors (Lipinski definition) is 3. The van der Waals surface area contributed by atoms with E-state index in [0.29, 0.717) is 11.4 Å². The van der Waals surface area contributed by atoms with Crippen LogP contribution in [-0.4, -0.2) is 40.9 Å². The topological polar surface area (TPSA) is 126 Å². The molecule has 0 bridgehead atoms. The second-order valence-electron chi connectivity index (χ2n) is 5.40. The number of allylic oxidation sites excluding steroid dienone is 1. The molecule has 3 aromatic heterocycles. The molecule has 1 atom stereocenters. The van der Waals surface area contributed by atoms with Crippen molar-refractivity contribution in [3.63, 3.8) is 0 Å². The van der Waals surface area contributed by atoms with Gasteiger partial charge in [-0.05, 0) is 25.1 Å². The van der Waals surface area contributed by atoms with E-state index in [-0.39, 0.29) is 22.2 Å². The molecule has 0 saturated heterocycles. The summed E-state index contributed by atoms with van der Waals surface area (Å²) in [5, 5.41) is 30.4. The van der Waals surface area contributed by atoms with Crippen LogP contribution in [0.3, 0.4) is 0 Å². The number of hydrogen-bond acceptors (Lipinski definition) is 7. The van der Waals surface area contributed by atoms with E-state index in [2.05, 4.69) is 25.5 Å². The maximum absolute atomic E-state index is 11.4. The van der Waals surface area contributed by atoms with Crippen molar-refractivity contribution in [3.05, 3.63) is 65.1 Å². The summed E-state index contributed by atoms with van der Waals surface area (Å²) in [5.41, 5.74) is 0.515. The first-order chi connectivity index (χ1) is 13.0. The Hall–Kier alpha value is -3.30. The van der Waals surface area contributed by atoms with Gasteiger partial charge in [0.1, 0.15) is 17.2 Å². The first-order valence-electron chi connectivity index (χ1n) is 7.82. The molecule has 9 nitrogen and oxygen atoms in total. The maximum atomic E-state index is 11.4. The molecular formula is C17H15ClN6O3. The van der Waals surface area contributed by atoms with Gasteiger partial charge in [-0.2, -0.15) is 0 Å². The van der Waals surface area contributed by atoms with Crippen molar-refractivity contribution in [1.29, 1.82) is 0 Å². The summed E-state index contributed by atoms with van der Waals surface area (Å²) in [7, 11) is 0. The highest BCUT2D eigenvalue weighted by Gasteiger charge is 2.19. The normalized spacial score (nSPS) is 12.3. The summed E-state index contributed by atoms with van der Waals surface area (Å²) < 4.78 is 1.66. The SMILES string of the molecule is C/C=C/c1cc(NC(O)c2ccc(-n3ccnc3)nn2)c(C(=O)O)nc1Cl. The van der Waals surface area contributed by atoms with Crippen LogP contribution >= 0.6 is 11.6 Å². The van der Waals surface area contributed by atoms with Crippen LogP contribution in [0.2, 0.25) is 5.15 Å². The largest absolute Gasteiger partial charge is 0.476 e. The third-order valence-corrected chi connectivity index (χ3v) is 3.87. The highest BCUT2D eigenvalue weighted by atomic mass is 35.5. The second kappa shape index (κ2) is 7.94. The number of halogens is 1. The number of rotatable bonds is 6. The van der Waals surface area contributed by atoms with Gasteiger partial charge in [0.15, 0.2) is 17.7 Å². The number of aliphatic hydroxyl groups excluding tert-OH is 1. The highest BCUT2D eigenvalue weighted by molar-refractivity contribution is 6.31. The molecular weight excluding hydrogens is 372 g/mol. The lowest BCUT2D eigenvalue weighted by molar-refractivity contribution is 0.0691. The van der Waals surface area contributed by atoms with Gasteiger partial charge >= 0.3 is 5.97 Å². The van der Waals surface area contributed by atoms with Gasteiger partial charge in [0.2, 0.25) is 0 Å². The fourth-order valence-electron chi connectivity index (χ4n) is 2.31. The number of carboxylic acid groups (broad SMARTS) is 1. The Balaban J connectivity index is 1.87. The minimum absolute atomic E-state index is 0.0509. The Morgan fingerprint density at radius 2 is 2.19 bits per heavy atom. The van der Waals surface area contributed by atoms with Crippen molar-refractivity contribution < 1.29 is 15.0 Å². The third-order valence-electron chi connectivity index (χ3n) is 3.56. The Morgan fingerprint density at radius 3 is 2.78 bits per heavy atom. The Labute approximate surface area is 159 Å². The zero-order chi connectivity index (χ0) is 19.4. The minimum atomic E-state index is -1.30. The molecule has 0 saturated carbocycles. The van der Waals surface area contributed by atoms with E-state index >= 15 is 0 Å². The van der Waals surface area contributed by atoms with Gasteiger partial charge in [0, 0.05) is 18.0 Å². The van der Waals surface area contributed by atoms with E-state index in [1.165, 1.54) is 6.07 Å². The number of aromatic nitrogens is 5. The molecule has 1 unspecified atom stereocenters. The molecule has 3 N–H and O–H groups in total. The maximum Gasteiger partial charge on any atom is 0.356 e. The van der Waals surface area contributed by atoms with Crippen molar-refractivity contribution in [2.75, 3.05) is 5.32 Å². The molecule has 0 aromatic carbocycles. The van der Waals surface area contributed by atoms with Crippen molar-refractivity contribution in [2.45, 2.75) is 13.2 Å². The summed E-state index contributed by atoms with van der Waals surface area (Å²) >= 11 is 6.00. The van der Waals surface area contributed by atoms with Crippen LogP contribution in [0.25, 0.3) is 11.9 Å². The smallest absolute Gasteiger partial charge is 0.356 e. The molecule has 3 rings (SSSR count). The van der Waals surface area contributed by atoms with Crippen LogP contribution in [0.5, 0.6) is 0 Å². The number of pyridine rings is 1. The van der Waals surface area contributed by atoms with Crippen LogP contribution < -0.4 is 5.32 Å². The van der Waals surface area contributed by atoms with E-state index in [4.69, 9.17) is 11.6 Å². The Kier molecular flexibility index (Phi) is 5.43. The monoisotopic (exact) mass is 386 g/mol. The average Bonchev–Trinajstić information content (AvgIpc) is 3.19. The molecule has 3 aromatic rings. The van der Waals surface area contributed by atoms with Crippen LogP contribution in [0, 0.1) is 0 Å². The van der Waals surface area contributed by atoms with Crippen molar-refractivity contribution in [2.24, 2.45) is 0 Å². The average molecular weight is 387 g/mol. The lowest BCUT2D eigenvalue weighted by Gasteiger charge is -2.16. The number of nitrogens with one attached hydrogen (secondary N) is 1. The Bertz CT molecular complexity index is 973. The van der Waals surface area contributed by atoms with Crippen LogP contribution in [0.1, 0.15) is 34.9 Å². The third kappa shape index (κ3) is 4.10. The molecule has 3 heterocycles. The molecule has 0 aliphatic carbocycles. The predicted molar refractivity (Wildman–Crippen MR) is 98.7 cm³/mol. The number of aliphatic hydroxyl groups is 1. The number of imidazole rings is 1. The van der Waals surface area contributed by atoms with Gasteiger partial charge in [-0.1, -0.05) is 23.8 Å². The molecule has 10 heteroatoms. The second-order valence-corrected chi connectivity index (χ2v) is 5.76. The highest BCUT2D eigenvalue weighted by Crippen LogP contribution is 2.26. The lowest BCUT2D eigenvalue weighted by Crippen LogP contribution is -2.16. The zero-order valence-corrected chi connectivity index (χ0v) is 14.9. The molecule has 0 fully saturated rings. The number of anilines is 1. The summed E-state index contributed by atoms with van der Waals surface area (Å²) in [6, 6.07) is 4.71. The summed E-state index contributed by atoms with van der Waals surface area (Å²) in [6.07, 6.45) is 7.00. The van der Waals surface area contributed by atoms with Gasteiger partial charge < -0.3 is 15.5 Å². The lowest BCUT2D eigenvalue weighted by atomic mass is 10.2. The van der Waals surface area contributed by atoms with Gasteiger partial charge in [0.25, 0.3) is 0 Å². The fraction of sp³-hybridized carbons (Fsp3) is 0.118. The van der Waals surface area contributed by atoms with E-state index in [1.54, 1.807) is 54.5 Å². The summed E-state index contributed by atoms with van der Waals surface area (Å²) in [4.78, 5) is 19.2. The molecule has 0 radical (unpaired) electrons. The number of carbonyl (C=O) groups is 1. The molecule has 27 heavy (non-hydrogen) atoms. The standard InChI is InChI=1S/C17H15ClN6O3/c1-2-3-10-8-12(14(17(26)27)21-15(10)18)20-16(25)11-4-5-13(23-22-11)24-7-6-19-9-24/h2-9,16,20,25H,1H3,(H,26,27)/b3-2+. The Morgan fingerprint density at radius 1 is 1.37 bits per heavy atom. The van der Waals surface area contributed by atoms with Crippen LogP contribution in [0.15, 0.2) is 43.0 Å². The number of aromatic carboxylic acids is 1. The molecule has 138 valence electrons. The summed E-state index contributed by atoms with van der Waals surface area (Å²) in [6.45, 7) is 1.79. The molecule has 0 spiro atoms. The first kappa shape index (κ1) is 18.5. The van der Waals surface area contributed by atoms with E-state index in [1.807, 2.05) is 0 Å². The van der Waals surface area contributed by atoms with Crippen molar-refractivity contribution in [3.8, 4) is 5.82 Å². The van der Waals surface area contributed by atoms with Gasteiger partial charge in [0.05, 0.1) is 5.69 Å². The van der Waals surface area contributed by atoms with E-state index in [0.717, 1.165) is 0 Å². The minimum Gasteiger partial charge on any atom is -0.476 e. The number of nitrogens with zero attached hydrogens (tertiary/aromatic N) is 5. The quantitative estimate of drug-likeness (QED) is 0.436. The van der Waals surface area contributed by atoms with Crippen LogP contribution in [0.4, 0.5) is 5.69 Å². The molecule has 0 aliphatic heterocycles. The van der Waals surface area contributed by atoms with Crippen molar-refractivity contribution >= 4 is 29.3 Å². The summed E-state index contributed by atoms with van der Waals surface area (Å²) in [5.74, 6) is -0.752. The molecule has 0 amide bonds. The fourth-order valence-corrected chi connectivity index (χ4v) is 2.51. The molecule has 0 aliphatic rings. The van der Waals surface area contributed by atoms with Gasteiger partial charge in [-0.3, -0.25) is 4.57 Å². The number of carboxylic acids is 1. The van der Waals surface area contributed by atoms with E-state index < -0.39 is 12.2 Å². The predicted octanol–water partition coefficient (Wildman–Crippen LogP) is 2.54. The van der Waals surface area contributed by atoms with Gasteiger partial charge in [-0.25, -0.2) is 14.8 Å². The van der Waals surface area contributed by atoms with Gasteiger partial charge in [-0.15, -0.1) is 10.2 Å². The first-order valence-corrected chi connectivity index (χ1v) is 8.20. The van der Waals surface area contributed by atoms with Crippen molar-refractivity contribution in [1.82, 2.24) is 24.7 Å². The van der Waals surface area contributed by atoms with E-state index in [9.17, 15) is 15.0 Å².